The van der Waals surface area contributed by atoms with Gasteiger partial charge in [-0.05, 0) is 50.3 Å². The molecule has 3 rings (SSSR count). The molecule has 0 saturated carbocycles. The minimum atomic E-state index is -4.51. The molecule has 1 N–H and O–H groups in total. The average Bonchev–Trinajstić information content (AvgIpc) is 3.02. The number of amides is 1. The molecule has 2 saturated heterocycles. The van der Waals surface area contributed by atoms with Crippen molar-refractivity contribution in [1.82, 2.24) is 10.2 Å². The van der Waals surface area contributed by atoms with Gasteiger partial charge in [0.05, 0.1) is 5.56 Å². The molecular weight excluding hydrogens is 369 g/mol. The van der Waals surface area contributed by atoms with Gasteiger partial charge in [-0.15, -0.1) is 12.4 Å². The maximum atomic E-state index is 13.0. The molecule has 1 aromatic carbocycles. The molecule has 0 radical (unpaired) electrons. The lowest BCUT2D eigenvalue weighted by Gasteiger charge is -2.39. The molecule has 1 amide bonds. The Morgan fingerprint density at radius 2 is 1.88 bits per heavy atom. The Morgan fingerprint density at radius 1 is 1.23 bits per heavy atom. The van der Waals surface area contributed by atoms with Crippen molar-refractivity contribution in [2.45, 2.75) is 38.5 Å². The van der Waals surface area contributed by atoms with Gasteiger partial charge in [-0.1, -0.05) is 12.1 Å². The molecule has 2 heterocycles. The lowest BCUT2D eigenvalue weighted by molar-refractivity contribution is -0.144. The number of benzene rings is 1. The molecule has 2 fully saturated rings. The van der Waals surface area contributed by atoms with Crippen LogP contribution < -0.4 is 10.1 Å². The highest BCUT2D eigenvalue weighted by Gasteiger charge is 2.39. The first-order valence-electron chi connectivity index (χ1n) is 8.63. The van der Waals surface area contributed by atoms with Crippen molar-refractivity contribution in [3.05, 3.63) is 29.8 Å². The third kappa shape index (κ3) is 4.43. The van der Waals surface area contributed by atoms with Crippen LogP contribution in [0.4, 0.5) is 13.2 Å². The van der Waals surface area contributed by atoms with Crippen LogP contribution in [0.15, 0.2) is 24.3 Å². The molecule has 1 unspecified atom stereocenters. The monoisotopic (exact) mass is 392 g/mol. The number of hydrogen-bond acceptors (Lipinski definition) is 3. The van der Waals surface area contributed by atoms with Crippen molar-refractivity contribution in [3.8, 4) is 5.75 Å². The van der Waals surface area contributed by atoms with E-state index in [1.165, 1.54) is 25.1 Å². The molecule has 0 aliphatic carbocycles. The van der Waals surface area contributed by atoms with Crippen LogP contribution in [-0.2, 0) is 11.0 Å². The van der Waals surface area contributed by atoms with Gasteiger partial charge in [-0.2, -0.15) is 13.2 Å². The van der Waals surface area contributed by atoms with Gasteiger partial charge in [0, 0.05) is 19.6 Å². The van der Waals surface area contributed by atoms with E-state index in [0.717, 1.165) is 38.4 Å². The van der Waals surface area contributed by atoms with Gasteiger partial charge in [0.1, 0.15) is 5.75 Å². The predicted octanol–water partition coefficient (Wildman–Crippen LogP) is 3.50. The second kappa shape index (κ2) is 8.05. The second-order valence-electron chi connectivity index (χ2n) is 7.01. The highest BCUT2D eigenvalue weighted by molar-refractivity contribution is 5.85. The first kappa shape index (κ1) is 20.8. The van der Waals surface area contributed by atoms with Crippen LogP contribution in [0.1, 0.15) is 31.7 Å². The number of halogens is 4. The van der Waals surface area contributed by atoms with Gasteiger partial charge >= 0.3 is 6.18 Å². The minimum absolute atomic E-state index is 0. The van der Waals surface area contributed by atoms with Crippen LogP contribution in [0, 0.1) is 5.41 Å². The van der Waals surface area contributed by atoms with Gasteiger partial charge in [0.2, 0.25) is 0 Å². The Balaban J connectivity index is 0.00000243. The van der Waals surface area contributed by atoms with Crippen LogP contribution in [0.25, 0.3) is 0 Å². The molecule has 0 bridgehead atoms. The summed E-state index contributed by atoms with van der Waals surface area (Å²) < 4.78 is 44.5. The molecule has 0 aromatic heterocycles. The molecule has 146 valence electrons. The summed E-state index contributed by atoms with van der Waals surface area (Å²) in [7, 11) is 0. The molecule has 1 spiro atoms. The zero-order valence-corrected chi connectivity index (χ0v) is 15.5. The quantitative estimate of drug-likeness (QED) is 0.856. The molecule has 1 aromatic rings. The fourth-order valence-electron chi connectivity index (χ4n) is 3.73. The van der Waals surface area contributed by atoms with Crippen molar-refractivity contribution < 1.29 is 22.7 Å². The summed E-state index contributed by atoms with van der Waals surface area (Å²) in [4.78, 5) is 14.3. The van der Waals surface area contributed by atoms with Crippen molar-refractivity contribution in [2.75, 3.05) is 26.2 Å². The topological polar surface area (TPSA) is 41.6 Å². The lowest BCUT2D eigenvalue weighted by atomic mass is 9.78. The standard InChI is InChI=1S/C18H23F3N2O2.ClH/c1-13(25-15-5-3-2-4-14(15)18(19,20)21)16(24)23-10-7-17(8-11-23)6-9-22-12-17;/h2-5,13,22H,6-12H2,1H3;1H. The first-order valence-corrected chi connectivity index (χ1v) is 8.63. The van der Waals surface area contributed by atoms with E-state index in [1.54, 1.807) is 4.90 Å². The van der Waals surface area contributed by atoms with Crippen LogP contribution in [0.5, 0.6) is 5.75 Å². The van der Waals surface area contributed by atoms with E-state index in [4.69, 9.17) is 4.74 Å². The smallest absolute Gasteiger partial charge is 0.419 e. The summed E-state index contributed by atoms with van der Waals surface area (Å²) in [5, 5.41) is 3.37. The number of ether oxygens (including phenoxy) is 1. The second-order valence-corrected chi connectivity index (χ2v) is 7.01. The van der Waals surface area contributed by atoms with E-state index in [0.29, 0.717) is 13.1 Å². The Labute approximate surface area is 157 Å². The number of hydrogen-bond donors (Lipinski definition) is 1. The van der Waals surface area contributed by atoms with Crippen LogP contribution in [-0.4, -0.2) is 43.1 Å². The van der Waals surface area contributed by atoms with Crippen LogP contribution in [0.2, 0.25) is 0 Å². The predicted molar refractivity (Wildman–Crippen MR) is 94.5 cm³/mol. The zero-order valence-electron chi connectivity index (χ0n) is 14.6. The van der Waals surface area contributed by atoms with Gasteiger partial charge in [-0.25, -0.2) is 0 Å². The van der Waals surface area contributed by atoms with Crippen molar-refractivity contribution in [1.29, 1.82) is 0 Å². The molecular formula is C18H24ClF3N2O2. The number of nitrogens with one attached hydrogen (secondary N) is 1. The zero-order chi connectivity index (χ0) is 18.1. The fourth-order valence-corrected chi connectivity index (χ4v) is 3.73. The summed E-state index contributed by atoms with van der Waals surface area (Å²) >= 11 is 0. The highest BCUT2D eigenvalue weighted by atomic mass is 35.5. The number of para-hydroxylation sites is 1. The third-order valence-corrected chi connectivity index (χ3v) is 5.31. The highest BCUT2D eigenvalue weighted by Crippen LogP contribution is 2.38. The SMILES string of the molecule is CC(Oc1ccccc1C(F)(F)F)C(=O)N1CCC2(CCNC2)CC1.Cl. The maximum Gasteiger partial charge on any atom is 0.419 e. The molecule has 2 aliphatic rings. The molecule has 4 nitrogen and oxygen atoms in total. The number of rotatable bonds is 3. The summed E-state index contributed by atoms with van der Waals surface area (Å²) in [6, 6.07) is 4.99. The van der Waals surface area contributed by atoms with E-state index in [9.17, 15) is 18.0 Å². The van der Waals surface area contributed by atoms with Gasteiger partial charge < -0.3 is 15.0 Å². The van der Waals surface area contributed by atoms with Gasteiger partial charge in [0.15, 0.2) is 6.10 Å². The Hall–Kier alpha value is -1.47. The third-order valence-electron chi connectivity index (χ3n) is 5.31. The first-order chi connectivity index (χ1) is 11.8. The number of carbonyl (C=O) groups is 1. The molecule has 8 heteroatoms. The van der Waals surface area contributed by atoms with Crippen LogP contribution in [0.3, 0.4) is 0 Å². The maximum absolute atomic E-state index is 13.0. The summed E-state index contributed by atoms with van der Waals surface area (Å²) in [5.74, 6) is -0.554. The number of nitrogens with zero attached hydrogens (tertiary/aromatic N) is 1. The normalized spacial score (nSPS) is 20.5. The summed E-state index contributed by atoms with van der Waals surface area (Å²) in [6.45, 7) is 4.78. The van der Waals surface area contributed by atoms with Crippen molar-refractivity contribution in [3.63, 3.8) is 0 Å². The van der Waals surface area contributed by atoms with Crippen molar-refractivity contribution >= 4 is 18.3 Å². The van der Waals surface area contributed by atoms with E-state index in [2.05, 4.69) is 5.32 Å². The van der Waals surface area contributed by atoms with Gasteiger partial charge in [0.25, 0.3) is 5.91 Å². The van der Waals surface area contributed by atoms with E-state index in [1.807, 2.05) is 0 Å². The number of alkyl halides is 3. The summed E-state index contributed by atoms with van der Waals surface area (Å²) in [6.07, 6.45) is -2.47. The van der Waals surface area contributed by atoms with Gasteiger partial charge in [-0.3, -0.25) is 4.79 Å². The molecule has 2 aliphatic heterocycles. The minimum Gasteiger partial charge on any atom is -0.480 e. The van der Waals surface area contributed by atoms with Crippen LogP contribution >= 0.6 is 12.4 Å². The van der Waals surface area contributed by atoms with Crippen molar-refractivity contribution in [2.24, 2.45) is 5.41 Å². The van der Waals surface area contributed by atoms with E-state index >= 15 is 0 Å². The lowest BCUT2D eigenvalue weighted by Crippen LogP contribution is -2.48. The Morgan fingerprint density at radius 3 is 2.46 bits per heavy atom. The largest absolute Gasteiger partial charge is 0.480 e. The summed E-state index contributed by atoms with van der Waals surface area (Å²) in [5.41, 5.74) is -0.576. The number of piperidine rings is 1. The number of likely N-dealkylation sites (tertiary alicyclic amines) is 1. The molecule has 26 heavy (non-hydrogen) atoms. The van der Waals surface area contributed by atoms with E-state index < -0.39 is 17.8 Å². The fraction of sp³-hybridized carbons (Fsp3) is 0.611. The Kier molecular flexibility index (Phi) is 6.45. The van der Waals surface area contributed by atoms with E-state index in [-0.39, 0.29) is 29.5 Å². The number of carbonyl (C=O) groups excluding carboxylic acids is 1. The molecule has 1 atom stereocenters. The average molecular weight is 393 g/mol. The Bertz CT molecular complexity index is 623.